The van der Waals surface area contributed by atoms with Crippen molar-refractivity contribution in [3.63, 3.8) is 0 Å². The summed E-state index contributed by atoms with van der Waals surface area (Å²) in [6.45, 7) is 1.79. The highest BCUT2D eigenvalue weighted by Crippen LogP contribution is 2.41. The van der Waals surface area contributed by atoms with Crippen LogP contribution in [0.5, 0.6) is 0 Å². The third-order valence-electron chi connectivity index (χ3n) is 1.69. The van der Waals surface area contributed by atoms with Crippen LogP contribution < -0.4 is 5.14 Å². The molecule has 0 radical (unpaired) electrons. The molecular formula is C4H10N2OS. The standard InChI is InChI=1S/C4H10N2OS/c1-4(2-3-4)8(5,6)7/h2-3H2,1H3,(H3,5,6,7). The Bertz CT molecular complexity index is 190. The van der Waals surface area contributed by atoms with E-state index < -0.39 is 9.92 Å². The van der Waals surface area contributed by atoms with Gasteiger partial charge in [0.2, 0.25) is 0 Å². The van der Waals surface area contributed by atoms with Crippen LogP contribution in [0.2, 0.25) is 0 Å². The summed E-state index contributed by atoms with van der Waals surface area (Å²) >= 11 is 0. The molecular weight excluding hydrogens is 124 g/mol. The van der Waals surface area contributed by atoms with Crippen molar-refractivity contribution in [2.45, 2.75) is 24.5 Å². The molecule has 0 bridgehead atoms. The molecule has 0 saturated heterocycles. The second-order valence-electron chi connectivity index (χ2n) is 2.55. The molecule has 0 aliphatic heterocycles. The fourth-order valence-electron chi connectivity index (χ4n) is 0.479. The minimum atomic E-state index is -2.73. The first-order valence-electron chi connectivity index (χ1n) is 2.52. The summed E-state index contributed by atoms with van der Waals surface area (Å²) in [5, 5.41) is 5.07. The topological polar surface area (TPSA) is 66.9 Å². The number of nitrogens with one attached hydrogen (secondary N) is 1. The molecule has 3 nitrogen and oxygen atoms in total. The van der Waals surface area contributed by atoms with Crippen molar-refractivity contribution in [3.05, 3.63) is 0 Å². The van der Waals surface area contributed by atoms with E-state index >= 15 is 0 Å². The zero-order chi connectivity index (χ0) is 6.41. The molecule has 1 rings (SSSR count). The highest BCUT2D eigenvalue weighted by Gasteiger charge is 2.45. The summed E-state index contributed by atoms with van der Waals surface area (Å²) in [7, 11) is -2.73. The maximum Gasteiger partial charge on any atom is 0.108 e. The number of hydrogen-bond donors (Lipinski definition) is 2. The van der Waals surface area contributed by atoms with Crippen molar-refractivity contribution >= 4 is 9.92 Å². The van der Waals surface area contributed by atoms with Crippen molar-refractivity contribution < 1.29 is 4.21 Å². The van der Waals surface area contributed by atoms with E-state index in [4.69, 9.17) is 9.92 Å². The zero-order valence-electron chi connectivity index (χ0n) is 4.81. The normalized spacial score (nSPS) is 31.2. The molecule has 0 spiro atoms. The summed E-state index contributed by atoms with van der Waals surface area (Å²) in [6.07, 6.45) is 1.71. The molecule has 1 atom stereocenters. The second-order valence-corrected chi connectivity index (χ2v) is 4.74. The summed E-state index contributed by atoms with van der Waals surface area (Å²) in [5.41, 5.74) is 0. The summed E-state index contributed by atoms with van der Waals surface area (Å²) in [5.74, 6) is 0. The van der Waals surface area contributed by atoms with E-state index in [0.717, 1.165) is 12.8 Å². The Hall–Kier alpha value is -0.0900. The van der Waals surface area contributed by atoms with E-state index in [0.29, 0.717) is 0 Å². The van der Waals surface area contributed by atoms with E-state index in [9.17, 15) is 4.21 Å². The number of hydrogen-bond acceptors (Lipinski definition) is 2. The van der Waals surface area contributed by atoms with Gasteiger partial charge in [0.1, 0.15) is 9.92 Å². The fraction of sp³-hybridized carbons (Fsp3) is 1.00. The Morgan fingerprint density at radius 2 is 2.12 bits per heavy atom. The monoisotopic (exact) mass is 134 g/mol. The Balaban J connectivity index is 2.90. The number of nitrogens with two attached hydrogens (primary N) is 1. The minimum Gasteiger partial charge on any atom is -0.245 e. The highest BCUT2D eigenvalue weighted by molar-refractivity contribution is 7.91. The van der Waals surface area contributed by atoms with Crippen LogP contribution in [-0.2, 0) is 9.92 Å². The average Bonchev–Trinajstić information content (AvgIpc) is 2.16. The van der Waals surface area contributed by atoms with Gasteiger partial charge in [0.25, 0.3) is 0 Å². The third kappa shape index (κ3) is 0.736. The SMILES string of the molecule is CC1(S(=N)(N)=O)CC1. The first kappa shape index (κ1) is 6.04. The molecule has 1 aliphatic carbocycles. The van der Waals surface area contributed by atoms with Crippen molar-refractivity contribution in [1.29, 1.82) is 4.78 Å². The fourth-order valence-corrected chi connectivity index (χ4v) is 1.19. The number of rotatable bonds is 1. The Morgan fingerprint density at radius 3 is 2.12 bits per heavy atom. The molecule has 1 saturated carbocycles. The lowest BCUT2D eigenvalue weighted by molar-refractivity contribution is 0.664. The van der Waals surface area contributed by atoms with Crippen LogP contribution in [0.15, 0.2) is 0 Å². The van der Waals surface area contributed by atoms with Gasteiger partial charge >= 0.3 is 0 Å². The lowest BCUT2D eigenvalue weighted by Gasteiger charge is -2.05. The quantitative estimate of drug-likeness (QED) is 0.537. The molecule has 0 aromatic rings. The molecule has 4 heteroatoms. The molecule has 0 heterocycles. The third-order valence-corrected chi connectivity index (χ3v) is 3.56. The van der Waals surface area contributed by atoms with Gasteiger partial charge in [-0.05, 0) is 19.8 Å². The first-order valence-corrected chi connectivity index (χ1v) is 4.14. The maximum atomic E-state index is 10.7. The molecule has 1 unspecified atom stereocenters. The Labute approximate surface area is 49.4 Å². The van der Waals surface area contributed by atoms with Gasteiger partial charge in [0.05, 0.1) is 4.75 Å². The van der Waals surface area contributed by atoms with Gasteiger partial charge in [-0.25, -0.2) is 14.1 Å². The van der Waals surface area contributed by atoms with Crippen molar-refractivity contribution in [2.24, 2.45) is 5.14 Å². The van der Waals surface area contributed by atoms with Crippen LogP contribution in [0, 0.1) is 4.78 Å². The van der Waals surface area contributed by atoms with Gasteiger partial charge < -0.3 is 0 Å². The minimum absolute atomic E-state index is 0.340. The summed E-state index contributed by atoms with van der Waals surface area (Å²) in [6, 6.07) is 0. The van der Waals surface area contributed by atoms with Gasteiger partial charge in [0, 0.05) is 0 Å². The molecule has 3 N–H and O–H groups in total. The van der Waals surface area contributed by atoms with E-state index in [1.54, 1.807) is 6.92 Å². The van der Waals surface area contributed by atoms with E-state index in [-0.39, 0.29) is 4.75 Å². The lowest BCUT2D eigenvalue weighted by atomic mass is 10.5. The maximum absolute atomic E-state index is 10.7. The molecule has 0 amide bonds. The van der Waals surface area contributed by atoms with E-state index in [2.05, 4.69) is 0 Å². The zero-order valence-corrected chi connectivity index (χ0v) is 5.62. The summed E-state index contributed by atoms with van der Waals surface area (Å²) < 4.78 is 17.3. The smallest absolute Gasteiger partial charge is 0.108 e. The van der Waals surface area contributed by atoms with E-state index in [1.807, 2.05) is 0 Å². The van der Waals surface area contributed by atoms with Crippen LogP contribution in [0.1, 0.15) is 19.8 Å². The van der Waals surface area contributed by atoms with Crippen LogP contribution in [0.4, 0.5) is 0 Å². The predicted octanol–water partition coefficient (Wildman–Crippen LogP) is 0.459. The van der Waals surface area contributed by atoms with Crippen molar-refractivity contribution in [3.8, 4) is 0 Å². The van der Waals surface area contributed by atoms with Crippen LogP contribution in [-0.4, -0.2) is 8.96 Å². The Morgan fingerprint density at radius 1 is 1.75 bits per heavy atom. The molecule has 48 valence electrons. The predicted molar refractivity (Wildman–Crippen MR) is 32.7 cm³/mol. The second kappa shape index (κ2) is 1.25. The van der Waals surface area contributed by atoms with Gasteiger partial charge in [-0.2, -0.15) is 0 Å². The lowest BCUT2D eigenvalue weighted by Crippen LogP contribution is -2.25. The van der Waals surface area contributed by atoms with Crippen LogP contribution in [0.3, 0.4) is 0 Å². The molecule has 1 fully saturated rings. The molecule has 8 heavy (non-hydrogen) atoms. The molecule has 0 aromatic carbocycles. The summed E-state index contributed by atoms with van der Waals surface area (Å²) in [4.78, 5) is 0. The Kier molecular flexibility index (Phi) is 0.941. The largest absolute Gasteiger partial charge is 0.245 e. The van der Waals surface area contributed by atoms with E-state index in [1.165, 1.54) is 0 Å². The van der Waals surface area contributed by atoms with Gasteiger partial charge in [-0.1, -0.05) is 0 Å². The van der Waals surface area contributed by atoms with Crippen LogP contribution >= 0.6 is 0 Å². The average molecular weight is 134 g/mol. The van der Waals surface area contributed by atoms with Gasteiger partial charge in [-0.15, -0.1) is 0 Å². The van der Waals surface area contributed by atoms with Gasteiger partial charge in [0.15, 0.2) is 0 Å². The van der Waals surface area contributed by atoms with Gasteiger partial charge in [-0.3, -0.25) is 0 Å². The van der Waals surface area contributed by atoms with Crippen molar-refractivity contribution in [1.82, 2.24) is 0 Å². The highest BCUT2D eigenvalue weighted by atomic mass is 32.2. The molecule has 1 aliphatic rings. The van der Waals surface area contributed by atoms with Crippen LogP contribution in [0.25, 0.3) is 0 Å². The first-order chi connectivity index (χ1) is 3.46. The van der Waals surface area contributed by atoms with Crippen molar-refractivity contribution in [2.75, 3.05) is 0 Å². The molecule has 0 aromatic heterocycles.